The highest BCUT2D eigenvalue weighted by atomic mass is 16.8. The molecule has 11 nitrogen and oxygen atoms in total. The van der Waals surface area contributed by atoms with Gasteiger partial charge in [0.15, 0.2) is 17.9 Å². The maximum atomic E-state index is 13.1. The summed E-state index contributed by atoms with van der Waals surface area (Å²) in [5, 5.41) is 44.6. The lowest BCUT2D eigenvalue weighted by atomic mass is 9.77. The summed E-state index contributed by atoms with van der Waals surface area (Å²) in [7, 11) is 3.61. The fraction of sp³-hybridized carbons (Fsp3) is 0.774. The van der Waals surface area contributed by atoms with Gasteiger partial charge in [-0.2, -0.15) is 0 Å². The number of ketones is 1. The van der Waals surface area contributed by atoms with Crippen molar-refractivity contribution in [3.8, 4) is 0 Å². The number of nitrogens with zero attached hydrogens (tertiary/aromatic N) is 1. The lowest BCUT2D eigenvalue weighted by molar-refractivity contribution is -0.374. The summed E-state index contributed by atoms with van der Waals surface area (Å²) in [6, 6.07) is -0.361. The molecular weight excluding hydrogens is 546 g/mol. The van der Waals surface area contributed by atoms with Crippen molar-refractivity contribution < 1.29 is 49.0 Å². The van der Waals surface area contributed by atoms with E-state index in [-0.39, 0.29) is 37.4 Å². The second-order valence-electron chi connectivity index (χ2n) is 12.2. The van der Waals surface area contributed by atoms with Gasteiger partial charge in [-0.25, -0.2) is 0 Å². The Morgan fingerprint density at radius 3 is 2.38 bits per heavy atom. The zero-order chi connectivity index (χ0) is 31.8. The molecule has 42 heavy (non-hydrogen) atoms. The molecule has 2 heterocycles. The number of carbonyl (C=O) groups excluding carboxylic acids is 3. The van der Waals surface area contributed by atoms with E-state index in [0.29, 0.717) is 24.7 Å². The predicted molar refractivity (Wildman–Crippen MR) is 155 cm³/mol. The standard InChI is InChI=1S/C31H51NO10/c1-8-27-22(17-34)13-18(2)9-10-25(35)19(3)14-23(11-12-33)31(39,21(5)26(36)16-28(37)41-27)42-30-29(38)24(32(6)7)15-20(4)40-30/h9-10,12-13,19-24,26-27,29-30,34,36,38-39H,8,11,14-17H2,1-7H3/b10-9+,18-13+/t19-,20-,21+,22-,23?,24+,26-,27-,29-,30+,31-/m1/s1. The molecule has 0 spiro atoms. The van der Waals surface area contributed by atoms with E-state index in [0.717, 1.165) is 0 Å². The largest absolute Gasteiger partial charge is 0.462 e. The molecule has 0 amide bonds. The molecular formula is C31H51NO10. The van der Waals surface area contributed by atoms with Gasteiger partial charge in [-0.3, -0.25) is 9.59 Å². The zero-order valence-corrected chi connectivity index (χ0v) is 26.0. The topological polar surface area (TPSA) is 163 Å². The minimum absolute atomic E-state index is 0.00926. The van der Waals surface area contributed by atoms with Gasteiger partial charge in [0, 0.05) is 36.1 Å². The van der Waals surface area contributed by atoms with Crippen molar-refractivity contribution in [1.82, 2.24) is 4.90 Å². The highest BCUT2D eigenvalue weighted by Gasteiger charge is 2.51. The van der Waals surface area contributed by atoms with E-state index in [2.05, 4.69) is 0 Å². The van der Waals surface area contributed by atoms with Crippen LogP contribution in [-0.2, 0) is 28.6 Å². The first kappa shape index (κ1) is 36.2. The molecule has 1 saturated heterocycles. The number of esters is 1. The second-order valence-corrected chi connectivity index (χ2v) is 12.2. The van der Waals surface area contributed by atoms with Crippen molar-refractivity contribution >= 4 is 18.0 Å². The minimum atomic E-state index is -2.29. The van der Waals surface area contributed by atoms with Gasteiger partial charge in [0.1, 0.15) is 18.5 Å². The normalized spacial score (nSPS) is 41.6. The second kappa shape index (κ2) is 16.2. The first-order valence-electron chi connectivity index (χ1n) is 14.9. The van der Waals surface area contributed by atoms with Crippen LogP contribution in [0.4, 0.5) is 0 Å². The van der Waals surface area contributed by atoms with Gasteiger partial charge in [-0.05, 0) is 53.3 Å². The van der Waals surface area contributed by atoms with E-state index < -0.39 is 66.5 Å². The molecule has 1 unspecified atom stereocenters. The van der Waals surface area contributed by atoms with E-state index >= 15 is 0 Å². The fourth-order valence-electron chi connectivity index (χ4n) is 5.86. The predicted octanol–water partition coefficient (Wildman–Crippen LogP) is 1.75. The third-order valence-corrected chi connectivity index (χ3v) is 8.64. The lowest BCUT2D eigenvalue weighted by Crippen LogP contribution is -2.60. The monoisotopic (exact) mass is 597 g/mol. The summed E-state index contributed by atoms with van der Waals surface area (Å²) in [6.45, 7) is 8.23. The quantitative estimate of drug-likeness (QED) is 0.192. The number of cyclic esters (lactones) is 1. The van der Waals surface area contributed by atoms with Crippen LogP contribution >= 0.6 is 0 Å². The molecule has 2 aliphatic heterocycles. The maximum absolute atomic E-state index is 13.1. The molecule has 0 aromatic heterocycles. The number of carbonyl (C=O) groups is 3. The summed E-state index contributed by atoms with van der Waals surface area (Å²) in [4.78, 5) is 39.8. The summed E-state index contributed by atoms with van der Waals surface area (Å²) < 4.78 is 17.7. The minimum Gasteiger partial charge on any atom is -0.462 e. The Balaban J connectivity index is 2.58. The molecule has 0 aromatic carbocycles. The molecule has 2 rings (SSSR count). The van der Waals surface area contributed by atoms with Gasteiger partial charge in [-0.1, -0.05) is 38.5 Å². The van der Waals surface area contributed by atoms with Gasteiger partial charge in [0.2, 0.25) is 0 Å². The van der Waals surface area contributed by atoms with Gasteiger partial charge in [-0.15, -0.1) is 0 Å². The van der Waals surface area contributed by atoms with Crippen molar-refractivity contribution in [2.75, 3.05) is 20.7 Å². The van der Waals surface area contributed by atoms with Crippen LogP contribution in [0.2, 0.25) is 0 Å². The SMILES string of the molecule is CC[C@H]1OC(=O)C[C@@H](O)[C@H](C)[C@@](O)(O[C@@H]2O[C@H](C)C[C@H](N(C)C)[C@H]2O)C(CC=O)C[C@@H](C)C(=O)/C=C/C(C)=C/[C@@H]1CO. The number of hydrogen-bond acceptors (Lipinski definition) is 11. The number of aliphatic hydroxyl groups is 4. The molecule has 0 bridgehead atoms. The average molecular weight is 598 g/mol. The van der Waals surface area contributed by atoms with E-state index in [1.54, 1.807) is 47.0 Å². The summed E-state index contributed by atoms with van der Waals surface area (Å²) in [5.41, 5.74) is 0.683. The van der Waals surface area contributed by atoms with Gasteiger partial charge in [0.25, 0.3) is 0 Å². The van der Waals surface area contributed by atoms with Crippen molar-refractivity contribution in [3.63, 3.8) is 0 Å². The van der Waals surface area contributed by atoms with Crippen LogP contribution in [0.3, 0.4) is 0 Å². The highest BCUT2D eigenvalue weighted by molar-refractivity contribution is 5.91. The number of aliphatic hydroxyl groups excluding tert-OH is 3. The number of ether oxygens (including phenoxy) is 3. The van der Waals surface area contributed by atoms with Crippen molar-refractivity contribution in [3.05, 3.63) is 23.8 Å². The highest BCUT2D eigenvalue weighted by Crippen LogP contribution is 2.40. The van der Waals surface area contributed by atoms with E-state index in [1.807, 2.05) is 11.8 Å². The van der Waals surface area contributed by atoms with Gasteiger partial charge < -0.3 is 44.3 Å². The fourth-order valence-corrected chi connectivity index (χ4v) is 5.86. The Bertz CT molecular complexity index is 967. The molecule has 0 saturated carbocycles. The van der Waals surface area contributed by atoms with Gasteiger partial charge >= 0.3 is 5.97 Å². The number of rotatable bonds is 7. The molecule has 0 radical (unpaired) electrons. The Hall–Kier alpha value is -1.99. The van der Waals surface area contributed by atoms with E-state index in [4.69, 9.17) is 14.2 Å². The third kappa shape index (κ3) is 9.25. The number of likely N-dealkylation sites (N-methyl/N-ethyl adjacent to an activating group) is 1. The number of allylic oxidation sites excluding steroid dienone is 3. The number of aldehydes is 1. The first-order chi connectivity index (χ1) is 19.7. The van der Waals surface area contributed by atoms with Crippen molar-refractivity contribution in [2.45, 2.75) is 109 Å². The van der Waals surface area contributed by atoms with Gasteiger partial charge in [0.05, 0.1) is 25.2 Å². The molecule has 1 fully saturated rings. The van der Waals surface area contributed by atoms with Crippen LogP contribution in [0.1, 0.15) is 66.7 Å². The van der Waals surface area contributed by atoms with Crippen LogP contribution in [0, 0.1) is 23.7 Å². The lowest BCUT2D eigenvalue weighted by Gasteiger charge is -2.48. The summed E-state index contributed by atoms with van der Waals surface area (Å²) >= 11 is 0. The molecule has 11 atom stereocenters. The van der Waals surface area contributed by atoms with E-state index in [9.17, 15) is 34.8 Å². The summed E-state index contributed by atoms with van der Waals surface area (Å²) in [6.07, 6.45) is 0.530. The first-order valence-corrected chi connectivity index (χ1v) is 14.9. The van der Waals surface area contributed by atoms with Crippen LogP contribution < -0.4 is 0 Å². The molecule has 2 aliphatic rings. The Morgan fingerprint density at radius 1 is 1.14 bits per heavy atom. The Kier molecular flexibility index (Phi) is 14.0. The van der Waals surface area contributed by atoms with Crippen LogP contribution in [-0.4, -0.2) is 107 Å². The zero-order valence-electron chi connectivity index (χ0n) is 26.0. The Morgan fingerprint density at radius 2 is 1.81 bits per heavy atom. The van der Waals surface area contributed by atoms with Crippen molar-refractivity contribution in [2.24, 2.45) is 23.7 Å². The third-order valence-electron chi connectivity index (χ3n) is 8.64. The van der Waals surface area contributed by atoms with Crippen LogP contribution in [0.15, 0.2) is 23.8 Å². The summed E-state index contributed by atoms with van der Waals surface area (Å²) in [5.74, 6) is -6.64. The number of hydrogen-bond donors (Lipinski definition) is 4. The maximum Gasteiger partial charge on any atom is 0.308 e. The van der Waals surface area contributed by atoms with Crippen molar-refractivity contribution in [1.29, 1.82) is 0 Å². The average Bonchev–Trinajstić information content (AvgIpc) is 2.93. The van der Waals surface area contributed by atoms with Crippen LogP contribution in [0.25, 0.3) is 0 Å². The molecule has 0 aromatic rings. The molecule has 240 valence electrons. The molecule has 4 N–H and O–H groups in total. The molecule has 0 aliphatic carbocycles. The van der Waals surface area contributed by atoms with Crippen LogP contribution in [0.5, 0.6) is 0 Å². The Labute approximate surface area is 249 Å². The molecule has 11 heteroatoms. The smallest absolute Gasteiger partial charge is 0.308 e. The van der Waals surface area contributed by atoms with E-state index in [1.165, 1.54) is 13.0 Å².